The van der Waals surface area contributed by atoms with Gasteiger partial charge in [-0.05, 0) is 18.6 Å². The van der Waals surface area contributed by atoms with Gasteiger partial charge in [-0.1, -0.05) is 6.92 Å². The van der Waals surface area contributed by atoms with Crippen molar-refractivity contribution in [2.75, 3.05) is 7.11 Å². The quantitative estimate of drug-likeness (QED) is 0.687. The minimum atomic E-state index is -0.714. The smallest absolute Gasteiger partial charge is 0.163 e. The fourth-order valence-corrected chi connectivity index (χ4v) is 1.25. The molecule has 0 aromatic rings. The molecule has 0 aliphatic heterocycles. The number of rotatable bonds is 2. The summed E-state index contributed by atoms with van der Waals surface area (Å²) in [7, 11) is 1.42. The van der Waals surface area contributed by atoms with Crippen molar-refractivity contribution < 1.29 is 14.2 Å². The molecule has 0 bridgehead atoms. The molecule has 2 unspecified atom stereocenters. The highest BCUT2D eigenvalue weighted by Gasteiger charge is 2.22. The highest BCUT2D eigenvalue weighted by Crippen LogP contribution is 2.26. The Morgan fingerprint density at radius 1 is 1.58 bits per heavy atom. The fraction of sp³-hybridized carbons (Fsp3) is 0.556. The van der Waals surface area contributed by atoms with Crippen molar-refractivity contribution in [3.8, 4) is 0 Å². The van der Waals surface area contributed by atoms with Crippen LogP contribution < -0.4 is 0 Å². The molecule has 0 saturated carbocycles. The number of aliphatic hydroxyl groups excluding tert-OH is 1. The molecule has 0 spiro atoms. The highest BCUT2D eigenvalue weighted by atomic mass is 19.1. The molecule has 1 aliphatic carbocycles. The molecule has 0 aromatic carbocycles. The predicted octanol–water partition coefficient (Wildman–Crippen LogP) is 1.77. The lowest BCUT2D eigenvalue weighted by atomic mass is 9.94. The number of allylic oxidation sites excluding steroid dienone is 1. The zero-order chi connectivity index (χ0) is 9.14. The molecular weight excluding hydrogens is 159 g/mol. The second-order valence-corrected chi connectivity index (χ2v) is 2.81. The van der Waals surface area contributed by atoms with E-state index in [4.69, 9.17) is 4.74 Å². The van der Waals surface area contributed by atoms with Gasteiger partial charge in [-0.15, -0.1) is 0 Å². The zero-order valence-corrected chi connectivity index (χ0v) is 7.25. The van der Waals surface area contributed by atoms with Gasteiger partial charge in [0.2, 0.25) is 0 Å². The molecule has 0 fully saturated rings. The standard InChI is InChI=1S/C9H13FO2/c1-3-6-4-9(12-2)7(10)5-8(6)11/h4-6,8,11H,3H2,1-2H3. The Labute approximate surface area is 71.3 Å². The summed E-state index contributed by atoms with van der Waals surface area (Å²) in [5.74, 6) is -0.277. The van der Waals surface area contributed by atoms with Crippen LogP contribution in [0.15, 0.2) is 23.7 Å². The SMILES string of the molecule is CCC1C=C(OC)C(F)=CC1O. The summed E-state index contributed by atoms with van der Waals surface area (Å²) in [5.41, 5.74) is 0. The van der Waals surface area contributed by atoms with Crippen molar-refractivity contribution in [2.45, 2.75) is 19.4 Å². The normalized spacial score (nSPS) is 29.3. The summed E-state index contributed by atoms with van der Waals surface area (Å²) in [5, 5.41) is 9.34. The molecule has 0 saturated heterocycles. The number of ether oxygens (including phenoxy) is 1. The highest BCUT2D eigenvalue weighted by molar-refractivity contribution is 5.27. The summed E-state index contributed by atoms with van der Waals surface area (Å²) >= 11 is 0. The van der Waals surface area contributed by atoms with Crippen LogP contribution in [-0.2, 0) is 4.74 Å². The van der Waals surface area contributed by atoms with Crippen LogP contribution in [0.5, 0.6) is 0 Å². The number of methoxy groups -OCH3 is 1. The minimum absolute atomic E-state index is 0.0283. The molecule has 1 rings (SSSR count). The number of halogens is 1. The molecule has 12 heavy (non-hydrogen) atoms. The Morgan fingerprint density at radius 3 is 2.75 bits per heavy atom. The molecule has 0 aromatic heterocycles. The van der Waals surface area contributed by atoms with Crippen LogP contribution in [0.4, 0.5) is 4.39 Å². The van der Waals surface area contributed by atoms with Crippen molar-refractivity contribution in [3.05, 3.63) is 23.7 Å². The maximum Gasteiger partial charge on any atom is 0.163 e. The van der Waals surface area contributed by atoms with Gasteiger partial charge in [-0.25, -0.2) is 4.39 Å². The lowest BCUT2D eigenvalue weighted by molar-refractivity contribution is 0.158. The Kier molecular flexibility index (Phi) is 2.87. The Balaban J connectivity index is 2.81. The van der Waals surface area contributed by atoms with Crippen molar-refractivity contribution in [3.63, 3.8) is 0 Å². The predicted molar refractivity (Wildman–Crippen MR) is 44.1 cm³/mol. The van der Waals surface area contributed by atoms with E-state index in [1.807, 2.05) is 6.92 Å². The van der Waals surface area contributed by atoms with E-state index in [1.165, 1.54) is 13.2 Å². The molecular formula is C9H13FO2. The van der Waals surface area contributed by atoms with Crippen LogP contribution in [0.1, 0.15) is 13.3 Å². The molecule has 0 amide bonds. The third kappa shape index (κ3) is 1.67. The van der Waals surface area contributed by atoms with Gasteiger partial charge in [0, 0.05) is 5.92 Å². The van der Waals surface area contributed by atoms with Gasteiger partial charge in [-0.2, -0.15) is 0 Å². The largest absolute Gasteiger partial charge is 0.494 e. The van der Waals surface area contributed by atoms with Crippen LogP contribution in [0, 0.1) is 5.92 Å². The Hall–Kier alpha value is -0.830. The molecule has 1 N–H and O–H groups in total. The van der Waals surface area contributed by atoms with Crippen LogP contribution in [-0.4, -0.2) is 18.3 Å². The molecule has 2 atom stereocenters. The Morgan fingerprint density at radius 2 is 2.25 bits per heavy atom. The third-order valence-electron chi connectivity index (χ3n) is 2.05. The molecule has 1 aliphatic rings. The van der Waals surface area contributed by atoms with Crippen LogP contribution in [0.25, 0.3) is 0 Å². The van der Waals surface area contributed by atoms with E-state index in [0.717, 1.165) is 6.42 Å². The summed E-state index contributed by atoms with van der Waals surface area (Å²) in [6.07, 6.45) is 2.87. The van der Waals surface area contributed by atoms with Crippen molar-refractivity contribution in [2.24, 2.45) is 5.92 Å². The summed E-state index contributed by atoms with van der Waals surface area (Å²) in [4.78, 5) is 0. The average Bonchev–Trinajstić information content (AvgIpc) is 2.05. The van der Waals surface area contributed by atoms with Crippen LogP contribution in [0.3, 0.4) is 0 Å². The van der Waals surface area contributed by atoms with E-state index in [9.17, 15) is 9.50 Å². The van der Waals surface area contributed by atoms with E-state index >= 15 is 0 Å². The molecule has 0 heterocycles. The van der Waals surface area contributed by atoms with Gasteiger partial charge < -0.3 is 9.84 Å². The van der Waals surface area contributed by atoms with Gasteiger partial charge in [0.05, 0.1) is 13.2 Å². The summed E-state index contributed by atoms with van der Waals surface area (Å²) in [6.45, 7) is 1.94. The molecule has 68 valence electrons. The number of hydrogen-bond donors (Lipinski definition) is 1. The average molecular weight is 172 g/mol. The fourth-order valence-electron chi connectivity index (χ4n) is 1.25. The minimum Gasteiger partial charge on any atom is -0.494 e. The van der Waals surface area contributed by atoms with Gasteiger partial charge in [0.15, 0.2) is 11.6 Å². The summed E-state index contributed by atoms with van der Waals surface area (Å²) < 4.78 is 17.7. The monoisotopic (exact) mass is 172 g/mol. The lowest BCUT2D eigenvalue weighted by Crippen LogP contribution is -2.20. The second-order valence-electron chi connectivity index (χ2n) is 2.81. The van der Waals surface area contributed by atoms with Gasteiger partial charge in [-0.3, -0.25) is 0 Å². The third-order valence-corrected chi connectivity index (χ3v) is 2.05. The van der Waals surface area contributed by atoms with Crippen molar-refractivity contribution >= 4 is 0 Å². The maximum absolute atomic E-state index is 12.9. The van der Waals surface area contributed by atoms with Gasteiger partial charge in [0.25, 0.3) is 0 Å². The zero-order valence-electron chi connectivity index (χ0n) is 7.25. The first-order valence-corrected chi connectivity index (χ1v) is 4.00. The van der Waals surface area contributed by atoms with Crippen molar-refractivity contribution in [1.82, 2.24) is 0 Å². The second kappa shape index (κ2) is 3.72. The maximum atomic E-state index is 12.9. The van der Waals surface area contributed by atoms with E-state index in [2.05, 4.69) is 0 Å². The molecule has 2 nitrogen and oxygen atoms in total. The van der Waals surface area contributed by atoms with E-state index in [-0.39, 0.29) is 11.7 Å². The summed E-state index contributed by atoms with van der Waals surface area (Å²) in [6, 6.07) is 0. The first-order chi connectivity index (χ1) is 5.69. The molecule has 3 heteroatoms. The first kappa shape index (κ1) is 9.26. The van der Waals surface area contributed by atoms with Crippen LogP contribution in [0.2, 0.25) is 0 Å². The lowest BCUT2D eigenvalue weighted by Gasteiger charge is -2.20. The van der Waals surface area contributed by atoms with Crippen LogP contribution >= 0.6 is 0 Å². The van der Waals surface area contributed by atoms with Gasteiger partial charge in [0.1, 0.15) is 0 Å². The Bertz CT molecular complexity index is 221. The molecule has 0 radical (unpaired) electrons. The van der Waals surface area contributed by atoms with Crippen molar-refractivity contribution in [1.29, 1.82) is 0 Å². The number of hydrogen-bond acceptors (Lipinski definition) is 2. The van der Waals surface area contributed by atoms with E-state index < -0.39 is 11.9 Å². The van der Waals surface area contributed by atoms with E-state index in [1.54, 1.807) is 6.08 Å². The van der Waals surface area contributed by atoms with Gasteiger partial charge >= 0.3 is 0 Å². The number of aliphatic hydroxyl groups is 1. The first-order valence-electron chi connectivity index (χ1n) is 4.00. The van der Waals surface area contributed by atoms with E-state index in [0.29, 0.717) is 0 Å². The topological polar surface area (TPSA) is 29.5 Å².